The van der Waals surface area contributed by atoms with Gasteiger partial charge in [0.2, 0.25) is 0 Å². The zero-order chi connectivity index (χ0) is 19.2. The fourth-order valence-corrected chi connectivity index (χ4v) is 2.21. The van der Waals surface area contributed by atoms with Gasteiger partial charge in [0.25, 0.3) is 0 Å². The molecular formula is C19H15F3O4. The van der Waals surface area contributed by atoms with E-state index in [9.17, 15) is 18.0 Å². The topological polar surface area (TPSA) is 55.8 Å². The number of carbonyl (C=O) groups excluding carboxylic acids is 1. The summed E-state index contributed by atoms with van der Waals surface area (Å²) in [6.45, 7) is -0.622. The molecule has 0 aliphatic heterocycles. The van der Waals surface area contributed by atoms with Crippen molar-refractivity contribution in [3.8, 4) is 23.3 Å². The van der Waals surface area contributed by atoms with Gasteiger partial charge in [-0.15, -0.1) is 0 Å². The molecule has 0 fully saturated rings. The van der Waals surface area contributed by atoms with Crippen LogP contribution in [0.15, 0.2) is 36.4 Å². The number of methoxy groups -OCH3 is 1. The van der Waals surface area contributed by atoms with Gasteiger partial charge >= 0.3 is 6.18 Å². The van der Waals surface area contributed by atoms with Crippen LogP contribution < -0.4 is 9.47 Å². The third kappa shape index (κ3) is 4.77. The molecule has 0 amide bonds. The quantitative estimate of drug-likeness (QED) is 0.652. The first kappa shape index (κ1) is 19.3. The number of benzene rings is 2. The monoisotopic (exact) mass is 364 g/mol. The van der Waals surface area contributed by atoms with E-state index in [2.05, 4.69) is 11.8 Å². The van der Waals surface area contributed by atoms with E-state index in [0.717, 1.165) is 6.07 Å². The van der Waals surface area contributed by atoms with E-state index < -0.39 is 18.3 Å². The lowest BCUT2D eigenvalue weighted by atomic mass is 10.1. The molecule has 0 aromatic heterocycles. The Hall–Kier alpha value is -2.98. The largest absolute Gasteiger partial charge is 0.496 e. The van der Waals surface area contributed by atoms with E-state index in [-0.39, 0.29) is 17.9 Å². The summed E-state index contributed by atoms with van der Waals surface area (Å²) in [5, 5.41) is 8.65. The lowest BCUT2D eigenvalue weighted by Gasteiger charge is -2.15. The molecule has 0 saturated carbocycles. The molecule has 0 radical (unpaired) electrons. The number of alkyl halides is 3. The summed E-state index contributed by atoms with van der Waals surface area (Å²) in [5.74, 6) is 4.72. The van der Waals surface area contributed by atoms with Gasteiger partial charge in [-0.25, -0.2) is 0 Å². The summed E-state index contributed by atoms with van der Waals surface area (Å²) >= 11 is 0. The second-order valence-electron chi connectivity index (χ2n) is 5.15. The Morgan fingerprint density at radius 1 is 1.15 bits per heavy atom. The number of hydrogen-bond acceptors (Lipinski definition) is 4. The third-order valence-corrected chi connectivity index (χ3v) is 3.43. The lowest BCUT2D eigenvalue weighted by Crippen LogP contribution is -2.09. The third-order valence-electron chi connectivity index (χ3n) is 3.43. The zero-order valence-corrected chi connectivity index (χ0v) is 13.8. The molecule has 0 aliphatic carbocycles. The molecule has 136 valence electrons. The molecule has 0 unspecified atom stereocenters. The Morgan fingerprint density at radius 2 is 1.92 bits per heavy atom. The normalized spacial score (nSPS) is 10.7. The van der Waals surface area contributed by atoms with Gasteiger partial charge in [-0.3, -0.25) is 4.79 Å². The summed E-state index contributed by atoms with van der Waals surface area (Å²) in [5.41, 5.74) is 0.0288. The Bertz CT molecular complexity index is 848. The number of aldehydes is 1. The number of aliphatic hydroxyl groups is 1. The molecule has 2 rings (SSSR count). The fraction of sp³-hybridized carbons (Fsp3) is 0.211. The highest BCUT2D eigenvalue weighted by molar-refractivity contribution is 5.75. The van der Waals surface area contributed by atoms with Gasteiger partial charge in [0.1, 0.15) is 31.0 Å². The predicted octanol–water partition coefficient (Wildman–Crippen LogP) is 3.45. The van der Waals surface area contributed by atoms with Crippen LogP contribution in [-0.2, 0) is 12.8 Å². The van der Waals surface area contributed by atoms with Crippen molar-refractivity contribution in [1.82, 2.24) is 0 Å². The van der Waals surface area contributed by atoms with Crippen molar-refractivity contribution in [3.63, 3.8) is 0 Å². The van der Waals surface area contributed by atoms with Crippen LogP contribution in [0.5, 0.6) is 11.5 Å². The summed E-state index contributed by atoms with van der Waals surface area (Å²) in [6, 6.07) is 7.97. The molecule has 0 spiro atoms. The molecule has 0 heterocycles. The van der Waals surface area contributed by atoms with Gasteiger partial charge in [0, 0.05) is 16.7 Å². The molecule has 0 atom stereocenters. The average molecular weight is 364 g/mol. The van der Waals surface area contributed by atoms with Crippen LogP contribution in [0.4, 0.5) is 13.2 Å². The predicted molar refractivity (Wildman–Crippen MR) is 88.1 cm³/mol. The average Bonchev–Trinajstić information content (AvgIpc) is 2.64. The van der Waals surface area contributed by atoms with Crippen LogP contribution in [0.25, 0.3) is 0 Å². The van der Waals surface area contributed by atoms with Gasteiger partial charge in [-0.2, -0.15) is 13.2 Å². The summed E-state index contributed by atoms with van der Waals surface area (Å²) in [7, 11) is 1.39. The van der Waals surface area contributed by atoms with E-state index in [4.69, 9.17) is 14.6 Å². The molecule has 2 aromatic carbocycles. The SMILES string of the molecule is COc1cc(C=O)ccc1COc1ccc(C#CCO)cc1C(F)(F)F. The van der Waals surface area contributed by atoms with E-state index >= 15 is 0 Å². The second kappa shape index (κ2) is 8.41. The van der Waals surface area contributed by atoms with Crippen LogP contribution in [-0.4, -0.2) is 25.1 Å². The Balaban J connectivity index is 2.30. The molecule has 26 heavy (non-hydrogen) atoms. The number of aliphatic hydroxyl groups excluding tert-OH is 1. The number of hydrogen-bond donors (Lipinski definition) is 1. The van der Waals surface area contributed by atoms with Gasteiger partial charge in [-0.1, -0.05) is 24.0 Å². The van der Waals surface area contributed by atoms with E-state index in [1.165, 1.54) is 31.4 Å². The fourth-order valence-electron chi connectivity index (χ4n) is 2.21. The van der Waals surface area contributed by atoms with Crippen LogP contribution in [0.2, 0.25) is 0 Å². The van der Waals surface area contributed by atoms with E-state index in [1.54, 1.807) is 6.07 Å². The molecule has 4 nitrogen and oxygen atoms in total. The number of ether oxygens (including phenoxy) is 2. The summed E-state index contributed by atoms with van der Waals surface area (Å²) < 4.78 is 50.3. The highest BCUT2D eigenvalue weighted by atomic mass is 19.4. The minimum absolute atomic E-state index is 0.117. The molecule has 0 bridgehead atoms. The van der Waals surface area contributed by atoms with Crippen LogP contribution in [0.3, 0.4) is 0 Å². The standard InChI is InChI=1S/C19H15F3O4/c1-25-18-10-14(11-24)4-6-15(18)12-26-17-7-5-13(3-2-8-23)9-16(17)19(20,21)22/h4-7,9-11,23H,8,12H2,1H3. The Morgan fingerprint density at radius 3 is 2.54 bits per heavy atom. The number of carbonyl (C=O) groups is 1. The van der Waals surface area contributed by atoms with Gasteiger partial charge in [-0.05, 0) is 24.3 Å². The minimum Gasteiger partial charge on any atom is -0.496 e. The van der Waals surface area contributed by atoms with Crippen molar-refractivity contribution in [2.24, 2.45) is 0 Å². The maximum absolute atomic E-state index is 13.3. The Labute approximate surface area is 148 Å². The first-order valence-corrected chi connectivity index (χ1v) is 7.45. The van der Waals surface area contributed by atoms with Crippen molar-refractivity contribution in [3.05, 3.63) is 58.7 Å². The summed E-state index contributed by atoms with van der Waals surface area (Å²) in [4.78, 5) is 10.8. The molecule has 0 saturated heterocycles. The first-order chi connectivity index (χ1) is 12.4. The second-order valence-corrected chi connectivity index (χ2v) is 5.15. The van der Waals surface area contributed by atoms with Crippen molar-refractivity contribution in [1.29, 1.82) is 0 Å². The van der Waals surface area contributed by atoms with Gasteiger partial charge < -0.3 is 14.6 Å². The molecule has 0 aliphatic rings. The highest BCUT2D eigenvalue weighted by Crippen LogP contribution is 2.37. The van der Waals surface area contributed by atoms with Crippen molar-refractivity contribution in [2.75, 3.05) is 13.7 Å². The maximum Gasteiger partial charge on any atom is 0.420 e. The number of rotatable bonds is 5. The van der Waals surface area contributed by atoms with Crippen LogP contribution in [0, 0.1) is 11.8 Å². The number of halogens is 3. The zero-order valence-electron chi connectivity index (χ0n) is 13.8. The maximum atomic E-state index is 13.3. The molecule has 1 N–H and O–H groups in total. The molecule has 7 heteroatoms. The van der Waals surface area contributed by atoms with Crippen molar-refractivity contribution in [2.45, 2.75) is 12.8 Å². The van der Waals surface area contributed by atoms with Gasteiger partial charge in [0.15, 0.2) is 0 Å². The van der Waals surface area contributed by atoms with Crippen molar-refractivity contribution >= 4 is 6.29 Å². The highest BCUT2D eigenvalue weighted by Gasteiger charge is 2.34. The van der Waals surface area contributed by atoms with Crippen LogP contribution in [0.1, 0.15) is 27.0 Å². The Kier molecular flexibility index (Phi) is 6.26. The van der Waals surface area contributed by atoms with Gasteiger partial charge in [0.05, 0.1) is 12.7 Å². The van der Waals surface area contributed by atoms with Crippen molar-refractivity contribution < 1.29 is 32.5 Å². The minimum atomic E-state index is -4.63. The molecule has 2 aromatic rings. The van der Waals surface area contributed by atoms with Crippen LogP contribution >= 0.6 is 0 Å². The lowest BCUT2D eigenvalue weighted by molar-refractivity contribution is -0.139. The smallest absolute Gasteiger partial charge is 0.420 e. The van der Waals surface area contributed by atoms with E-state index in [1.807, 2.05) is 0 Å². The molecular weight excluding hydrogens is 349 g/mol. The summed E-state index contributed by atoms with van der Waals surface area (Å²) in [6.07, 6.45) is -3.99. The van der Waals surface area contributed by atoms with E-state index in [0.29, 0.717) is 23.2 Å². The first-order valence-electron chi connectivity index (χ1n) is 7.45.